The van der Waals surface area contributed by atoms with E-state index < -0.39 is 0 Å². The van der Waals surface area contributed by atoms with Crippen molar-refractivity contribution in [1.29, 1.82) is 0 Å². The molecule has 1 atom stereocenters. The molecule has 1 aliphatic rings. The summed E-state index contributed by atoms with van der Waals surface area (Å²) in [4.78, 5) is 14.3. The number of benzene rings is 1. The molecule has 0 aliphatic carbocycles. The molecular formula is C14H19BrClFN2O. The lowest BCUT2D eigenvalue weighted by Gasteiger charge is -2.33. The molecule has 1 fully saturated rings. The summed E-state index contributed by atoms with van der Waals surface area (Å²) in [5.74, 6) is 0.0116. The summed E-state index contributed by atoms with van der Waals surface area (Å²) < 4.78 is 13.9. The third kappa shape index (κ3) is 4.17. The average Bonchev–Trinajstić information content (AvgIpc) is 2.41. The van der Waals surface area contributed by atoms with Gasteiger partial charge in [0.25, 0.3) is 5.91 Å². The zero-order valence-corrected chi connectivity index (χ0v) is 13.8. The van der Waals surface area contributed by atoms with Gasteiger partial charge in [0.1, 0.15) is 5.82 Å². The van der Waals surface area contributed by atoms with Gasteiger partial charge >= 0.3 is 0 Å². The first-order chi connectivity index (χ1) is 9.11. The minimum absolute atomic E-state index is 0. The number of piperidine rings is 1. The molecule has 1 N–H and O–H groups in total. The number of nitrogens with one attached hydrogen (secondary N) is 1. The number of carbonyl (C=O) groups excluding carboxylic acids is 1. The zero-order chi connectivity index (χ0) is 13.8. The number of carbonyl (C=O) groups is 1. The molecule has 3 nitrogen and oxygen atoms in total. The van der Waals surface area contributed by atoms with Crippen molar-refractivity contribution in [1.82, 2.24) is 10.2 Å². The van der Waals surface area contributed by atoms with Crippen LogP contribution in [0.3, 0.4) is 0 Å². The normalized spacial score (nSPS) is 18.6. The SMILES string of the molecule is CNCC1CCCN(C(=O)c2cc(F)ccc2Br)C1.Cl. The van der Waals surface area contributed by atoms with Crippen LogP contribution in [0.1, 0.15) is 23.2 Å². The first-order valence-electron chi connectivity index (χ1n) is 6.50. The predicted molar refractivity (Wildman–Crippen MR) is 83.9 cm³/mol. The quantitative estimate of drug-likeness (QED) is 0.893. The molecular weight excluding hydrogens is 347 g/mol. The van der Waals surface area contributed by atoms with Gasteiger partial charge in [-0.3, -0.25) is 4.79 Å². The Balaban J connectivity index is 0.00000200. The Morgan fingerprint density at radius 1 is 1.55 bits per heavy atom. The second-order valence-corrected chi connectivity index (χ2v) is 5.80. The van der Waals surface area contributed by atoms with Crippen LogP contribution in [-0.4, -0.2) is 37.5 Å². The molecule has 1 unspecified atom stereocenters. The molecule has 0 spiro atoms. The highest BCUT2D eigenvalue weighted by atomic mass is 79.9. The van der Waals surface area contributed by atoms with E-state index in [9.17, 15) is 9.18 Å². The summed E-state index contributed by atoms with van der Waals surface area (Å²) in [5.41, 5.74) is 0.408. The second kappa shape index (κ2) is 7.96. The van der Waals surface area contributed by atoms with Gasteiger partial charge in [0, 0.05) is 17.6 Å². The van der Waals surface area contributed by atoms with E-state index in [-0.39, 0.29) is 24.1 Å². The molecule has 1 saturated heterocycles. The maximum Gasteiger partial charge on any atom is 0.255 e. The number of hydrogen-bond acceptors (Lipinski definition) is 2. The number of amides is 1. The molecule has 112 valence electrons. The fraction of sp³-hybridized carbons (Fsp3) is 0.500. The molecule has 0 bridgehead atoms. The minimum atomic E-state index is -0.379. The summed E-state index contributed by atoms with van der Waals surface area (Å²) in [7, 11) is 1.92. The molecule has 0 aromatic heterocycles. The van der Waals surface area contributed by atoms with Gasteiger partial charge in [-0.2, -0.15) is 0 Å². The van der Waals surface area contributed by atoms with Crippen LogP contribution in [0.2, 0.25) is 0 Å². The number of hydrogen-bond donors (Lipinski definition) is 1. The van der Waals surface area contributed by atoms with Gasteiger partial charge in [-0.25, -0.2) is 4.39 Å². The Bertz CT molecular complexity index is 470. The molecule has 1 aromatic carbocycles. The Hall–Kier alpha value is -0.650. The van der Waals surface area contributed by atoms with E-state index in [0.717, 1.165) is 32.5 Å². The van der Waals surface area contributed by atoms with E-state index in [1.165, 1.54) is 12.1 Å². The highest BCUT2D eigenvalue weighted by molar-refractivity contribution is 9.10. The van der Waals surface area contributed by atoms with Crippen LogP contribution >= 0.6 is 28.3 Å². The molecule has 2 rings (SSSR count). The molecule has 20 heavy (non-hydrogen) atoms. The largest absolute Gasteiger partial charge is 0.338 e. The monoisotopic (exact) mass is 364 g/mol. The van der Waals surface area contributed by atoms with E-state index in [2.05, 4.69) is 21.2 Å². The van der Waals surface area contributed by atoms with Crippen molar-refractivity contribution in [3.8, 4) is 0 Å². The number of likely N-dealkylation sites (tertiary alicyclic amines) is 1. The van der Waals surface area contributed by atoms with Crippen molar-refractivity contribution < 1.29 is 9.18 Å². The Morgan fingerprint density at radius 2 is 2.30 bits per heavy atom. The van der Waals surface area contributed by atoms with Gasteiger partial charge in [-0.15, -0.1) is 12.4 Å². The number of nitrogens with zero attached hydrogens (tertiary/aromatic N) is 1. The summed E-state index contributed by atoms with van der Waals surface area (Å²) >= 11 is 3.32. The van der Waals surface area contributed by atoms with Crippen molar-refractivity contribution in [2.45, 2.75) is 12.8 Å². The van der Waals surface area contributed by atoms with E-state index in [1.54, 1.807) is 6.07 Å². The van der Waals surface area contributed by atoms with Crippen LogP contribution in [0.4, 0.5) is 4.39 Å². The molecule has 1 amide bonds. The van der Waals surface area contributed by atoms with Crippen LogP contribution in [-0.2, 0) is 0 Å². The van der Waals surface area contributed by atoms with Crippen LogP contribution < -0.4 is 5.32 Å². The van der Waals surface area contributed by atoms with E-state index in [1.807, 2.05) is 11.9 Å². The Kier molecular flexibility index (Phi) is 6.92. The maximum absolute atomic E-state index is 13.3. The van der Waals surface area contributed by atoms with Gasteiger partial charge in [0.15, 0.2) is 0 Å². The van der Waals surface area contributed by atoms with Gasteiger partial charge in [-0.1, -0.05) is 0 Å². The van der Waals surface area contributed by atoms with E-state index in [0.29, 0.717) is 16.0 Å². The van der Waals surface area contributed by atoms with E-state index in [4.69, 9.17) is 0 Å². The molecule has 1 aromatic rings. The fourth-order valence-electron chi connectivity index (χ4n) is 2.54. The van der Waals surface area contributed by atoms with E-state index >= 15 is 0 Å². The standard InChI is InChI=1S/C14H18BrFN2O.ClH/c1-17-8-10-3-2-6-18(9-10)14(19)12-7-11(16)4-5-13(12)15;/h4-5,7,10,17H,2-3,6,8-9H2,1H3;1H. The summed E-state index contributed by atoms with van der Waals surface area (Å²) in [6.07, 6.45) is 2.14. The molecule has 0 radical (unpaired) electrons. The lowest BCUT2D eigenvalue weighted by Crippen LogP contribution is -2.42. The van der Waals surface area contributed by atoms with Crippen molar-refractivity contribution in [2.75, 3.05) is 26.7 Å². The first-order valence-corrected chi connectivity index (χ1v) is 7.30. The number of halogens is 3. The molecule has 0 saturated carbocycles. The predicted octanol–water partition coefficient (Wildman–Crippen LogP) is 3.08. The highest BCUT2D eigenvalue weighted by Crippen LogP contribution is 2.23. The lowest BCUT2D eigenvalue weighted by molar-refractivity contribution is 0.0673. The Labute approximate surface area is 133 Å². The Morgan fingerprint density at radius 3 is 3.00 bits per heavy atom. The zero-order valence-electron chi connectivity index (χ0n) is 11.4. The topological polar surface area (TPSA) is 32.3 Å². The van der Waals surface area contributed by atoms with Crippen molar-refractivity contribution >= 4 is 34.2 Å². The van der Waals surface area contributed by atoms with Gasteiger partial charge in [0.05, 0.1) is 5.56 Å². The smallest absolute Gasteiger partial charge is 0.255 e. The molecule has 1 aliphatic heterocycles. The summed E-state index contributed by atoms with van der Waals surface area (Å²) in [5, 5.41) is 3.15. The average molecular weight is 366 g/mol. The van der Waals surface area contributed by atoms with Gasteiger partial charge in [-0.05, 0) is 66.5 Å². The molecule has 1 heterocycles. The second-order valence-electron chi connectivity index (χ2n) is 4.94. The van der Waals surface area contributed by atoms with Crippen molar-refractivity contribution in [3.63, 3.8) is 0 Å². The van der Waals surface area contributed by atoms with Crippen molar-refractivity contribution in [2.24, 2.45) is 5.92 Å². The van der Waals surface area contributed by atoms with Gasteiger partial charge < -0.3 is 10.2 Å². The van der Waals surface area contributed by atoms with Crippen LogP contribution in [0.5, 0.6) is 0 Å². The summed E-state index contributed by atoms with van der Waals surface area (Å²) in [6, 6.07) is 4.23. The van der Waals surface area contributed by atoms with Gasteiger partial charge in [0.2, 0.25) is 0 Å². The first kappa shape index (κ1) is 17.4. The third-order valence-electron chi connectivity index (χ3n) is 3.46. The fourth-order valence-corrected chi connectivity index (χ4v) is 2.95. The number of rotatable bonds is 3. The van der Waals surface area contributed by atoms with Crippen LogP contribution in [0.25, 0.3) is 0 Å². The third-order valence-corrected chi connectivity index (χ3v) is 4.15. The van der Waals surface area contributed by atoms with Crippen LogP contribution in [0, 0.1) is 11.7 Å². The van der Waals surface area contributed by atoms with Crippen LogP contribution in [0.15, 0.2) is 22.7 Å². The lowest BCUT2D eigenvalue weighted by atomic mass is 9.97. The molecule has 6 heteroatoms. The highest BCUT2D eigenvalue weighted by Gasteiger charge is 2.25. The summed E-state index contributed by atoms with van der Waals surface area (Å²) in [6.45, 7) is 2.40. The maximum atomic E-state index is 13.3. The minimum Gasteiger partial charge on any atom is -0.338 e. The van der Waals surface area contributed by atoms with Crippen molar-refractivity contribution in [3.05, 3.63) is 34.1 Å².